The SMILES string of the molecule is CN(Cc1n[nH]c2c1CCC2)C(=O)Nc1cccc(OC(F)(F)F)c1. The number of nitrogens with zero attached hydrogens (tertiary/aromatic N) is 2. The second kappa shape index (κ2) is 6.66. The summed E-state index contributed by atoms with van der Waals surface area (Å²) in [5.41, 5.74) is 3.30. The quantitative estimate of drug-likeness (QED) is 0.883. The number of amides is 2. The molecule has 1 aliphatic rings. The number of nitrogens with one attached hydrogen (secondary N) is 2. The zero-order valence-electron chi connectivity index (χ0n) is 13.5. The summed E-state index contributed by atoms with van der Waals surface area (Å²) in [5.74, 6) is -0.391. The van der Waals surface area contributed by atoms with Gasteiger partial charge >= 0.3 is 12.4 Å². The molecular formula is C16H17F3N4O2. The van der Waals surface area contributed by atoms with Crippen molar-refractivity contribution in [3.8, 4) is 5.75 Å². The van der Waals surface area contributed by atoms with Gasteiger partial charge in [-0.05, 0) is 37.0 Å². The van der Waals surface area contributed by atoms with Gasteiger partial charge in [0.2, 0.25) is 0 Å². The van der Waals surface area contributed by atoms with Gasteiger partial charge in [-0.25, -0.2) is 4.79 Å². The van der Waals surface area contributed by atoms with Crippen LogP contribution in [-0.2, 0) is 19.4 Å². The van der Waals surface area contributed by atoms with Gasteiger partial charge in [-0.3, -0.25) is 5.10 Å². The van der Waals surface area contributed by atoms with Gasteiger partial charge < -0.3 is 15.0 Å². The van der Waals surface area contributed by atoms with Gasteiger partial charge in [0.25, 0.3) is 0 Å². The summed E-state index contributed by atoms with van der Waals surface area (Å²) in [6.45, 7) is 0.316. The van der Waals surface area contributed by atoms with Crippen LogP contribution in [0.5, 0.6) is 5.75 Å². The molecule has 0 aliphatic heterocycles. The Bertz CT molecular complexity index is 773. The number of rotatable bonds is 4. The fourth-order valence-corrected chi connectivity index (χ4v) is 2.81. The van der Waals surface area contributed by atoms with Gasteiger partial charge in [0.1, 0.15) is 5.75 Å². The Kier molecular flexibility index (Phi) is 4.56. The van der Waals surface area contributed by atoms with E-state index >= 15 is 0 Å². The molecule has 0 atom stereocenters. The lowest BCUT2D eigenvalue weighted by Gasteiger charge is -2.18. The smallest absolute Gasteiger partial charge is 0.406 e. The monoisotopic (exact) mass is 354 g/mol. The number of aromatic amines is 1. The molecule has 134 valence electrons. The van der Waals surface area contributed by atoms with E-state index in [1.54, 1.807) is 7.05 Å². The molecule has 0 fully saturated rings. The first-order chi connectivity index (χ1) is 11.8. The standard InChI is InChI=1S/C16H17F3N4O2/c1-23(9-14-12-6-3-7-13(12)21-22-14)15(24)20-10-4-2-5-11(8-10)25-16(17,18)19/h2,4-5,8H,3,6-7,9H2,1H3,(H,20,24)(H,21,22). The largest absolute Gasteiger partial charge is 0.573 e. The number of halogens is 3. The van der Waals surface area contributed by atoms with Crippen molar-refractivity contribution in [2.24, 2.45) is 0 Å². The molecule has 2 amide bonds. The number of hydrogen-bond donors (Lipinski definition) is 2. The van der Waals surface area contributed by atoms with Crippen LogP contribution in [0.4, 0.5) is 23.7 Å². The number of H-pyrrole nitrogens is 1. The lowest BCUT2D eigenvalue weighted by atomic mass is 10.2. The van der Waals surface area contributed by atoms with Crippen LogP contribution in [0.3, 0.4) is 0 Å². The van der Waals surface area contributed by atoms with Crippen LogP contribution in [0.25, 0.3) is 0 Å². The van der Waals surface area contributed by atoms with Crippen molar-refractivity contribution >= 4 is 11.7 Å². The van der Waals surface area contributed by atoms with Crippen molar-refractivity contribution < 1.29 is 22.7 Å². The molecule has 1 aromatic carbocycles. The van der Waals surface area contributed by atoms with Crippen LogP contribution in [0.2, 0.25) is 0 Å². The first-order valence-corrected chi connectivity index (χ1v) is 7.75. The maximum absolute atomic E-state index is 12.3. The molecule has 1 heterocycles. The highest BCUT2D eigenvalue weighted by molar-refractivity contribution is 5.89. The summed E-state index contributed by atoms with van der Waals surface area (Å²) in [6.07, 6.45) is -1.81. The van der Waals surface area contributed by atoms with E-state index in [0.717, 1.165) is 42.3 Å². The molecule has 6 nitrogen and oxygen atoms in total. The number of ether oxygens (including phenoxy) is 1. The Morgan fingerprint density at radius 3 is 2.96 bits per heavy atom. The first-order valence-electron chi connectivity index (χ1n) is 7.75. The minimum Gasteiger partial charge on any atom is -0.406 e. The minimum absolute atomic E-state index is 0.214. The van der Waals surface area contributed by atoms with Crippen molar-refractivity contribution in [3.05, 3.63) is 41.2 Å². The zero-order valence-corrected chi connectivity index (χ0v) is 13.5. The molecule has 0 spiro atoms. The fraction of sp³-hybridized carbons (Fsp3) is 0.375. The molecule has 2 aromatic rings. The van der Waals surface area contributed by atoms with Gasteiger partial charge in [0.15, 0.2) is 0 Å². The summed E-state index contributed by atoms with van der Waals surface area (Å²) in [4.78, 5) is 13.7. The van der Waals surface area contributed by atoms with Crippen molar-refractivity contribution in [2.75, 3.05) is 12.4 Å². The van der Waals surface area contributed by atoms with E-state index in [2.05, 4.69) is 20.3 Å². The number of urea groups is 1. The molecule has 2 N–H and O–H groups in total. The van der Waals surface area contributed by atoms with E-state index in [4.69, 9.17) is 0 Å². The lowest BCUT2D eigenvalue weighted by molar-refractivity contribution is -0.274. The second-order valence-electron chi connectivity index (χ2n) is 5.84. The Balaban J connectivity index is 1.62. The van der Waals surface area contributed by atoms with Crippen LogP contribution >= 0.6 is 0 Å². The third kappa shape index (κ3) is 4.23. The second-order valence-corrected chi connectivity index (χ2v) is 5.84. The normalized spacial score (nSPS) is 13.4. The predicted molar refractivity (Wildman–Crippen MR) is 84.2 cm³/mol. The highest BCUT2D eigenvalue weighted by Gasteiger charge is 2.31. The van der Waals surface area contributed by atoms with Gasteiger partial charge in [0.05, 0.1) is 12.2 Å². The summed E-state index contributed by atoms with van der Waals surface area (Å²) in [5, 5.41) is 9.76. The molecule has 3 rings (SSSR count). The van der Waals surface area contributed by atoms with Gasteiger partial charge in [-0.1, -0.05) is 6.07 Å². The topological polar surface area (TPSA) is 70.2 Å². The van der Waals surface area contributed by atoms with Crippen LogP contribution in [0.15, 0.2) is 24.3 Å². The van der Waals surface area contributed by atoms with Crippen molar-refractivity contribution in [1.29, 1.82) is 0 Å². The molecule has 1 aromatic heterocycles. The van der Waals surface area contributed by atoms with Crippen LogP contribution in [0, 0.1) is 0 Å². The van der Waals surface area contributed by atoms with Crippen LogP contribution in [-0.4, -0.2) is 34.5 Å². The number of hydrogen-bond acceptors (Lipinski definition) is 3. The number of alkyl halides is 3. The van der Waals surface area contributed by atoms with Crippen LogP contribution in [0.1, 0.15) is 23.4 Å². The van der Waals surface area contributed by atoms with Crippen molar-refractivity contribution in [1.82, 2.24) is 15.1 Å². The minimum atomic E-state index is -4.78. The predicted octanol–water partition coefficient (Wildman–Crippen LogP) is 3.46. The Morgan fingerprint density at radius 2 is 2.20 bits per heavy atom. The lowest BCUT2D eigenvalue weighted by Crippen LogP contribution is -2.31. The molecule has 9 heteroatoms. The molecule has 1 aliphatic carbocycles. The maximum atomic E-state index is 12.3. The van der Waals surface area contributed by atoms with E-state index in [9.17, 15) is 18.0 Å². The van der Waals surface area contributed by atoms with Gasteiger partial charge in [-0.2, -0.15) is 5.10 Å². The molecule has 0 saturated carbocycles. The van der Waals surface area contributed by atoms with E-state index in [1.165, 1.54) is 23.1 Å². The van der Waals surface area contributed by atoms with E-state index in [-0.39, 0.29) is 5.69 Å². The Hall–Kier alpha value is -2.71. The van der Waals surface area contributed by atoms with E-state index in [0.29, 0.717) is 6.54 Å². The Morgan fingerprint density at radius 1 is 1.40 bits per heavy atom. The molecule has 0 radical (unpaired) electrons. The number of carbonyl (C=O) groups is 1. The molecule has 0 saturated heterocycles. The average molecular weight is 354 g/mol. The molecule has 25 heavy (non-hydrogen) atoms. The first kappa shape index (κ1) is 17.1. The third-order valence-electron chi connectivity index (χ3n) is 3.94. The number of fused-ring (bicyclic) bond motifs is 1. The van der Waals surface area contributed by atoms with E-state index < -0.39 is 18.1 Å². The summed E-state index contributed by atoms with van der Waals surface area (Å²) in [6, 6.07) is 4.70. The molecular weight excluding hydrogens is 337 g/mol. The molecule has 0 unspecified atom stereocenters. The number of aryl methyl sites for hydroxylation is 1. The summed E-state index contributed by atoms with van der Waals surface area (Å²) < 4.78 is 40.6. The number of carbonyl (C=O) groups excluding carboxylic acids is 1. The third-order valence-corrected chi connectivity index (χ3v) is 3.94. The summed E-state index contributed by atoms with van der Waals surface area (Å²) in [7, 11) is 1.60. The van der Waals surface area contributed by atoms with Gasteiger partial charge in [0, 0.05) is 24.5 Å². The number of anilines is 1. The number of aromatic nitrogens is 2. The van der Waals surface area contributed by atoms with Crippen LogP contribution < -0.4 is 10.1 Å². The van der Waals surface area contributed by atoms with Crippen molar-refractivity contribution in [3.63, 3.8) is 0 Å². The van der Waals surface area contributed by atoms with Crippen molar-refractivity contribution in [2.45, 2.75) is 32.2 Å². The molecule has 0 bridgehead atoms. The fourth-order valence-electron chi connectivity index (χ4n) is 2.81. The zero-order chi connectivity index (χ0) is 18.0. The number of benzene rings is 1. The average Bonchev–Trinajstić information content (AvgIpc) is 3.10. The Labute approximate surface area is 142 Å². The maximum Gasteiger partial charge on any atom is 0.573 e. The summed E-state index contributed by atoms with van der Waals surface area (Å²) >= 11 is 0. The van der Waals surface area contributed by atoms with Gasteiger partial charge in [-0.15, -0.1) is 13.2 Å². The van der Waals surface area contributed by atoms with E-state index in [1.807, 2.05) is 0 Å². The highest BCUT2D eigenvalue weighted by atomic mass is 19.4. The highest BCUT2D eigenvalue weighted by Crippen LogP contribution is 2.26.